The van der Waals surface area contributed by atoms with E-state index in [4.69, 9.17) is 0 Å². The number of hydrogen-bond acceptors (Lipinski definition) is 4. The van der Waals surface area contributed by atoms with E-state index >= 15 is 0 Å². The Morgan fingerprint density at radius 2 is 1.62 bits per heavy atom. The highest BCUT2D eigenvalue weighted by Crippen LogP contribution is 2.31. The topological polar surface area (TPSA) is 90.6 Å². The minimum absolute atomic E-state index is 0.0398. The number of aromatic amines is 1. The number of halogens is 3. The van der Waals surface area contributed by atoms with E-state index in [9.17, 15) is 31.2 Å². The van der Waals surface area contributed by atoms with E-state index in [1.807, 2.05) is 0 Å². The predicted molar refractivity (Wildman–Crippen MR) is 111 cm³/mol. The minimum atomic E-state index is -4.66. The van der Waals surface area contributed by atoms with Crippen molar-refractivity contribution >= 4 is 26.8 Å². The fourth-order valence-corrected chi connectivity index (χ4v) is 5.13. The minimum Gasteiger partial charge on any atom is -0.336 e. The molecule has 7 nitrogen and oxygen atoms in total. The van der Waals surface area contributed by atoms with Crippen LogP contribution in [0, 0.1) is 0 Å². The van der Waals surface area contributed by atoms with Crippen molar-refractivity contribution in [2.45, 2.75) is 11.1 Å². The number of amides is 1. The summed E-state index contributed by atoms with van der Waals surface area (Å²) in [6, 6.07) is 11.6. The first kappa shape index (κ1) is 22.0. The largest absolute Gasteiger partial charge is 0.416 e. The Morgan fingerprint density at radius 1 is 0.938 bits per heavy atom. The molecule has 1 amide bonds. The van der Waals surface area contributed by atoms with E-state index in [1.54, 1.807) is 24.3 Å². The Labute approximate surface area is 181 Å². The Bertz CT molecular complexity index is 1340. The van der Waals surface area contributed by atoms with E-state index in [1.165, 1.54) is 11.0 Å². The van der Waals surface area contributed by atoms with Crippen molar-refractivity contribution in [3.63, 3.8) is 0 Å². The second-order valence-electron chi connectivity index (χ2n) is 7.31. The van der Waals surface area contributed by atoms with Crippen LogP contribution in [0.15, 0.2) is 64.3 Å². The van der Waals surface area contributed by atoms with E-state index in [0.717, 1.165) is 22.5 Å². The maximum atomic E-state index is 13.0. The second-order valence-corrected chi connectivity index (χ2v) is 9.25. The fourth-order valence-electron chi connectivity index (χ4n) is 3.67. The van der Waals surface area contributed by atoms with Crippen LogP contribution < -0.4 is 5.56 Å². The summed E-state index contributed by atoms with van der Waals surface area (Å²) in [5, 5.41) is 0.566. The number of carbonyl (C=O) groups is 1. The molecule has 32 heavy (non-hydrogen) atoms. The molecule has 0 spiro atoms. The van der Waals surface area contributed by atoms with Gasteiger partial charge in [-0.15, -0.1) is 0 Å². The molecule has 1 N–H and O–H groups in total. The van der Waals surface area contributed by atoms with Crippen molar-refractivity contribution in [3.8, 4) is 0 Å². The maximum absolute atomic E-state index is 13.0. The fraction of sp³-hybridized carbons (Fsp3) is 0.238. The summed E-state index contributed by atoms with van der Waals surface area (Å²) < 4.78 is 65.6. The summed E-state index contributed by atoms with van der Waals surface area (Å²) in [6.07, 6.45) is -4.66. The number of H-pyrrole nitrogens is 1. The van der Waals surface area contributed by atoms with Gasteiger partial charge in [0.05, 0.1) is 16.0 Å². The number of nitrogens with zero attached hydrogens (tertiary/aromatic N) is 2. The van der Waals surface area contributed by atoms with Gasteiger partial charge in [-0.1, -0.05) is 24.3 Å². The number of aromatic nitrogens is 1. The molecule has 4 rings (SSSR count). The van der Waals surface area contributed by atoms with Crippen LogP contribution in [0.1, 0.15) is 15.9 Å². The van der Waals surface area contributed by atoms with Gasteiger partial charge in [-0.25, -0.2) is 8.42 Å². The highest BCUT2D eigenvalue weighted by molar-refractivity contribution is 7.89. The molecule has 1 saturated heterocycles. The van der Waals surface area contributed by atoms with Crippen molar-refractivity contribution in [3.05, 3.63) is 76.1 Å². The molecule has 0 aliphatic carbocycles. The number of hydrogen-bond donors (Lipinski definition) is 1. The Balaban J connectivity index is 1.54. The Kier molecular flexibility index (Phi) is 5.55. The monoisotopic (exact) mass is 465 g/mol. The Hall–Kier alpha value is -3.18. The number of rotatable bonds is 3. The number of para-hydroxylation sites is 1. The van der Waals surface area contributed by atoms with Gasteiger partial charge in [0.25, 0.3) is 5.91 Å². The van der Waals surface area contributed by atoms with E-state index < -0.39 is 38.1 Å². The molecule has 1 aromatic heterocycles. The van der Waals surface area contributed by atoms with Gasteiger partial charge in [0.2, 0.25) is 15.6 Å². The van der Waals surface area contributed by atoms with Crippen LogP contribution >= 0.6 is 0 Å². The first-order valence-corrected chi connectivity index (χ1v) is 11.1. The zero-order valence-electron chi connectivity index (χ0n) is 16.6. The normalized spacial score (nSPS) is 15.8. The number of sulfonamides is 1. The first-order valence-electron chi connectivity index (χ1n) is 9.66. The lowest BCUT2D eigenvalue weighted by atomic mass is 10.1. The quantitative estimate of drug-likeness (QED) is 0.644. The summed E-state index contributed by atoms with van der Waals surface area (Å²) in [7, 11) is -4.16. The number of piperazine rings is 1. The second kappa shape index (κ2) is 8.06. The molecule has 0 unspecified atom stereocenters. The highest BCUT2D eigenvalue weighted by atomic mass is 32.2. The van der Waals surface area contributed by atoms with Crippen LogP contribution in [0.5, 0.6) is 0 Å². The zero-order valence-corrected chi connectivity index (χ0v) is 17.4. The average Bonchev–Trinajstić information content (AvgIpc) is 2.77. The first-order chi connectivity index (χ1) is 15.1. The van der Waals surface area contributed by atoms with E-state index in [0.29, 0.717) is 17.0 Å². The molecular formula is C21H18F3N3O4S. The maximum Gasteiger partial charge on any atom is 0.416 e. The number of alkyl halides is 3. The third-order valence-electron chi connectivity index (χ3n) is 5.31. The van der Waals surface area contributed by atoms with Gasteiger partial charge in [-0.2, -0.15) is 17.5 Å². The number of nitrogens with one attached hydrogen (secondary N) is 1. The van der Waals surface area contributed by atoms with Crippen LogP contribution in [-0.4, -0.2) is 54.7 Å². The molecule has 0 saturated carbocycles. The number of pyridine rings is 1. The summed E-state index contributed by atoms with van der Waals surface area (Å²) in [5.74, 6) is -0.414. The number of benzene rings is 2. The van der Waals surface area contributed by atoms with Gasteiger partial charge >= 0.3 is 6.18 Å². The molecule has 0 bridgehead atoms. The average molecular weight is 465 g/mol. The van der Waals surface area contributed by atoms with Gasteiger partial charge in [0, 0.05) is 43.1 Å². The van der Waals surface area contributed by atoms with Crippen LogP contribution in [0.2, 0.25) is 0 Å². The summed E-state index contributed by atoms with van der Waals surface area (Å²) >= 11 is 0. The highest BCUT2D eigenvalue weighted by Gasteiger charge is 2.34. The lowest BCUT2D eigenvalue weighted by molar-refractivity contribution is -0.137. The van der Waals surface area contributed by atoms with E-state index in [-0.39, 0.29) is 31.7 Å². The van der Waals surface area contributed by atoms with Crippen molar-refractivity contribution < 1.29 is 26.4 Å². The third-order valence-corrected chi connectivity index (χ3v) is 7.20. The van der Waals surface area contributed by atoms with Gasteiger partial charge in [0.1, 0.15) is 0 Å². The molecule has 2 aromatic carbocycles. The van der Waals surface area contributed by atoms with Crippen LogP contribution in [0.3, 0.4) is 0 Å². The zero-order chi connectivity index (χ0) is 23.1. The van der Waals surface area contributed by atoms with Crippen LogP contribution in [0.4, 0.5) is 13.2 Å². The SMILES string of the molecule is O=C(c1cc(=O)[nH]c2ccccc12)N1CCN(S(=O)(=O)c2cccc(C(F)(F)F)c2)CC1. The molecule has 2 heterocycles. The molecule has 1 fully saturated rings. The molecule has 168 valence electrons. The van der Waals surface area contributed by atoms with Gasteiger partial charge in [-0.05, 0) is 24.3 Å². The summed E-state index contributed by atoms with van der Waals surface area (Å²) in [4.78, 5) is 28.6. The van der Waals surface area contributed by atoms with Crippen molar-refractivity contribution in [2.24, 2.45) is 0 Å². The van der Waals surface area contributed by atoms with Gasteiger partial charge in [-0.3, -0.25) is 9.59 Å². The molecule has 3 aromatic rings. The smallest absolute Gasteiger partial charge is 0.336 e. The van der Waals surface area contributed by atoms with Gasteiger partial charge in [0.15, 0.2) is 0 Å². The van der Waals surface area contributed by atoms with Gasteiger partial charge < -0.3 is 9.88 Å². The van der Waals surface area contributed by atoms with Crippen LogP contribution in [0.25, 0.3) is 10.9 Å². The van der Waals surface area contributed by atoms with Crippen LogP contribution in [-0.2, 0) is 16.2 Å². The summed E-state index contributed by atoms with van der Waals surface area (Å²) in [6.45, 7) is -0.0762. The third kappa shape index (κ3) is 4.13. The lowest BCUT2D eigenvalue weighted by Gasteiger charge is -2.34. The molecule has 0 radical (unpaired) electrons. The van der Waals surface area contributed by atoms with Crippen molar-refractivity contribution in [1.29, 1.82) is 0 Å². The molecule has 1 aliphatic heterocycles. The Morgan fingerprint density at radius 3 is 2.31 bits per heavy atom. The van der Waals surface area contributed by atoms with Crippen molar-refractivity contribution in [1.82, 2.24) is 14.2 Å². The molecule has 11 heteroatoms. The molecule has 1 aliphatic rings. The number of fused-ring (bicyclic) bond motifs is 1. The summed E-state index contributed by atoms with van der Waals surface area (Å²) in [5.41, 5.74) is -0.765. The molecular weight excluding hydrogens is 447 g/mol. The van der Waals surface area contributed by atoms with Crippen molar-refractivity contribution in [2.75, 3.05) is 26.2 Å². The standard InChI is InChI=1S/C21H18F3N3O4S/c22-21(23,24)14-4-3-5-15(12-14)32(30,31)27-10-8-26(9-11-27)20(29)17-13-19(28)25-18-7-2-1-6-16(17)18/h1-7,12-13H,8-11H2,(H,25,28). The molecule has 0 atom stereocenters. The number of carbonyl (C=O) groups excluding carboxylic acids is 1. The predicted octanol–water partition coefficient (Wildman–Crippen LogP) is 2.69. The lowest BCUT2D eigenvalue weighted by Crippen LogP contribution is -2.50. The van der Waals surface area contributed by atoms with E-state index in [2.05, 4.69) is 4.98 Å².